The number of ether oxygens (including phenoxy) is 1. The van der Waals surface area contributed by atoms with Gasteiger partial charge < -0.3 is 15.0 Å². The Hall–Kier alpha value is -2.82. The molecule has 142 valence electrons. The molecule has 0 unspecified atom stereocenters. The number of hydrogen-bond acceptors (Lipinski definition) is 3. The Labute approximate surface area is 160 Å². The minimum atomic E-state index is -0.206. The summed E-state index contributed by atoms with van der Waals surface area (Å²) in [5, 5.41) is 2.90. The van der Waals surface area contributed by atoms with Crippen molar-refractivity contribution in [3.63, 3.8) is 0 Å². The highest BCUT2D eigenvalue weighted by Crippen LogP contribution is 2.19. The second kappa shape index (κ2) is 8.71. The number of nitrogens with one attached hydrogen (secondary N) is 1. The molecule has 0 aliphatic carbocycles. The minimum Gasteiger partial charge on any atom is -0.496 e. The number of benzene rings is 2. The number of carbonyl (C=O) groups is 2. The van der Waals surface area contributed by atoms with E-state index < -0.39 is 0 Å². The van der Waals surface area contributed by atoms with E-state index in [2.05, 4.69) is 12.2 Å². The molecule has 2 aromatic rings. The number of nitrogens with zero attached hydrogens (tertiary/aromatic N) is 1. The fraction of sp³-hybridized carbons (Fsp3) is 0.364. The quantitative estimate of drug-likeness (QED) is 0.881. The smallest absolute Gasteiger partial charge is 0.253 e. The molecule has 0 aromatic heterocycles. The van der Waals surface area contributed by atoms with E-state index in [0.29, 0.717) is 23.6 Å². The molecule has 5 nitrogen and oxygen atoms in total. The lowest BCUT2D eigenvalue weighted by Crippen LogP contribution is -2.38. The summed E-state index contributed by atoms with van der Waals surface area (Å²) in [6.07, 6.45) is 2.07. The van der Waals surface area contributed by atoms with E-state index in [1.165, 1.54) is 0 Å². The number of piperidine rings is 1. The third-order valence-corrected chi connectivity index (χ3v) is 5.07. The van der Waals surface area contributed by atoms with Crippen molar-refractivity contribution in [3.8, 4) is 5.75 Å². The monoisotopic (exact) mass is 366 g/mol. The lowest BCUT2D eigenvalue weighted by molar-refractivity contribution is 0.0697. The standard InChI is InChI=1S/C22H26N2O3/c1-16-10-12-24(13-11-16)22(26)18-8-5-7-17(14-18)21(25)23-15-19-6-3-4-9-20(19)27-2/h3-9,14,16H,10-13,15H2,1-2H3,(H,23,25). The zero-order valence-corrected chi connectivity index (χ0v) is 15.9. The van der Waals surface area contributed by atoms with Gasteiger partial charge in [0.1, 0.15) is 5.75 Å². The molecule has 1 heterocycles. The summed E-state index contributed by atoms with van der Waals surface area (Å²) < 4.78 is 5.31. The van der Waals surface area contributed by atoms with Crippen LogP contribution < -0.4 is 10.1 Å². The fourth-order valence-corrected chi connectivity index (χ4v) is 3.31. The van der Waals surface area contributed by atoms with Crippen LogP contribution in [0.2, 0.25) is 0 Å². The second-order valence-corrected chi connectivity index (χ2v) is 7.05. The van der Waals surface area contributed by atoms with Gasteiger partial charge in [0.05, 0.1) is 7.11 Å². The van der Waals surface area contributed by atoms with E-state index in [-0.39, 0.29) is 11.8 Å². The number of carbonyl (C=O) groups excluding carboxylic acids is 2. The molecule has 0 saturated carbocycles. The molecule has 3 rings (SSSR count). The van der Waals surface area contributed by atoms with Gasteiger partial charge in [-0.15, -0.1) is 0 Å². The predicted molar refractivity (Wildman–Crippen MR) is 105 cm³/mol. The van der Waals surface area contributed by atoms with E-state index in [1.54, 1.807) is 31.4 Å². The maximum Gasteiger partial charge on any atom is 0.253 e. The van der Waals surface area contributed by atoms with Crippen LogP contribution in [-0.4, -0.2) is 36.9 Å². The topological polar surface area (TPSA) is 58.6 Å². The van der Waals surface area contributed by atoms with Crippen LogP contribution in [0.4, 0.5) is 0 Å². The van der Waals surface area contributed by atoms with Gasteiger partial charge in [-0.3, -0.25) is 9.59 Å². The van der Waals surface area contributed by atoms with Gasteiger partial charge >= 0.3 is 0 Å². The number of rotatable bonds is 5. The van der Waals surface area contributed by atoms with E-state index in [0.717, 1.165) is 37.2 Å². The number of para-hydroxylation sites is 1. The summed E-state index contributed by atoms with van der Waals surface area (Å²) in [5.41, 5.74) is 1.96. The van der Waals surface area contributed by atoms with Crippen molar-refractivity contribution in [1.29, 1.82) is 0 Å². The van der Waals surface area contributed by atoms with Crippen LogP contribution in [0.25, 0.3) is 0 Å². The Bertz CT molecular complexity index is 811. The van der Waals surface area contributed by atoms with Gasteiger partial charge in [-0.2, -0.15) is 0 Å². The van der Waals surface area contributed by atoms with Crippen molar-refractivity contribution in [2.75, 3.05) is 20.2 Å². The molecule has 0 atom stereocenters. The molecule has 1 aliphatic rings. The minimum absolute atomic E-state index is 0.00118. The molecule has 5 heteroatoms. The maximum absolute atomic E-state index is 12.7. The molecule has 0 radical (unpaired) electrons. The van der Waals surface area contributed by atoms with Crippen molar-refractivity contribution in [3.05, 3.63) is 65.2 Å². The van der Waals surface area contributed by atoms with Crippen LogP contribution in [0.5, 0.6) is 5.75 Å². The summed E-state index contributed by atoms with van der Waals surface area (Å²) in [7, 11) is 1.61. The van der Waals surface area contributed by atoms with Crippen LogP contribution in [0.3, 0.4) is 0 Å². The van der Waals surface area contributed by atoms with Gasteiger partial charge in [-0.1, -0.05) is 31.2 Å². The highest BCUT2D eigenvalue weighted by Gasteiger charge is 2.22. The van der Waals surface area contributed by atoms with Gasteiger partial charge in [-0.05, 0) is 43.0 Å². The Morgan fingerprint density at radius 2 is 1.78 bits per heavy atom. The number of amides is 2. The van der Waals surface area contributed by atoms with Gasteiger partial charge in [-0.25, -0.2) is 0 Å². The van der Waals surface area contributed by atoms with Gasteiger partial charge in [0.15, 0.2) is 0 Å². The number of hydrogen-bond donors (Lipinski definition) is 1. The normalized spacial score (nSPS) is 14.7. The third kappa shape index (κ3) is 4.67. The first-order valence-corrected chi connectivity index (χ1v) is 9.38. The number of methoxy groups -OCH3 is 1. The molecule has 2 aromatic carbocycles. The van der Waals surface area contributed by atoms with Crippen LogP contribution in [-0.2, 0) is 6.54 Å². The summed E-state index contributed by atoms with van der Waals surface area (Å²) in [5.74, 6) is 1.20. The average molecular weight is 366 g/mol. The molecule has 1 fully saturated rings. The predicted octanol–water partition coefficient (Wildman–Crippen LogP) is 3.50. The first kappa shape index (κ1) is 19.0. The Morgan fingerprint density at radius 3 is 2.52 bits per heavy atom. The van der Waals surface area contributed by atoms with Gasteiger partial charge in [0, 0.05) is 36.3 Å². The zero-order valence-electron chi connectivity index (χ0n) is 15.9. The average Bonchev–Trinajstić information content (AvgIpc) is 2.72. The second-order valence-electron chi connectivity index (χ2n) is 7.05. The zero-order chi connectivity index (χ0) is 19.2. The summed E-state index contributed by atoms with van der Waals surface area (Å²) >= 11 is 0. The molecule has 0 spiro atoms. The van der Waals surface area contributed by atoms with E-state index >= 15 is 0 Å². The van der Waals surface area contributed by atoms with Crippen molar-refractivity contribution in [2.45, 2.75) is 26.3 Å². The summed E-state index contributed by atoms with van der Waals surface area (Å²) in [6.45, 7) is 4.15. The molecule has 2 amide bonds. The van der Waals surface area contributed by atoms with E-state index in [4.69, 9.17) is 4.74 Å². The van der Waals surface area contributed by atoms with Crippen molar-refractivity contribution in [2.24, 2.45) is 5.92 Å². The van der Waals surface area contributed by atoms with Crippen LogP contribution in [0.1, 0.15) is 46.0 Å². The molecule has 1 aliphatic heterocycles. The fourth-order valence-electron chi connectivity index (χ4n) is 3.31. The third-order valence-electron chi connectivity index (χ3n) is 5.07. The van der Waals surface area contributed by atoms with E-state index in [1.807, 2.05) is 29.2 Å². The van der Waals surface area contributed by atoms with Crippen LogP contribution >= 0.6 is 0 Å². The molecule has 27 heavy (non-hydrogen) atoms. The largest absolute Gasteiger partial charge is 0.496 e. The van der Waals surface area contributed by atoms with Crippen LogP contribution in [0, 0.1) is 5.92 Å². The SMILES string of the molecule is COc1ccccc1CNC(=O)c1cccc(C(=O)N2CCC(C)CC2)c1. The Kier molecular flexibility index (Phi) is 6.12. The molecule has 0 bridgehead atoms. The molecular weight excluding hydrogens is 340 g/mol. The lowest BCUT2D eigenvalue weighted by Gasteiger charge is -2.30. The van der Waals surface area contributed by atoms with Crippen molar-refractivity contribution >= 4 is 11.8 Å². The maximum atomic E-state index is 12.7. The Morgan fingerprint density at radius 1 is 1.07 bits per heavy atom. The number of likely N-dealkylation sites (tertiary alicyclic amines) is 1. The molecule has 1 saturated heterocycles. The molecule has 1 N–H and O–H groups in total. The lowest BCUT2D eigenvalue weighted by atomic mass is 9.98. The first-order valence-electron chi connectivity index (χ1n) is 9.38. The van der Waals surface area contributed by atoms with Crippen LogP contribution in [0.15, 0.2) is 48.5 Å². The van der Waals surface area contributed by atoms with Crippen molar-refractivity contribution < 1.29 is 14.3 Å². The Balaban J connectivity index is 1.66. The first-order chi connectivity index (χ1) is 13.1. The summed E-state index contributed by atoms with van der Waals surface area (Å²) in [4.78, 5) is 27.1. The van der Waals surface area contributed by atoms with Crippen molar-refractivity contribution in [1.82, 2.24) is 10.2 Å². The van der Waals surface area contributed by atoms with Gasteiger partial charge in [0.2, 0.25) is 0 Å². The van der Waals surface area contributed by atoms with Gasteiger partial charge in [0.25, 0.3) is 11.8 Å². The highest BCUT2D eigenvalue weighted by atomic mass is 16.5. The van der Waals surface area contributed by atoms with E-state index in [9.17, 15) is 9.59 Å². The summed E-state index contributed by atoms with van der Waals surface area (Å²) in [6, 6.07) is 14.5. The highest BCUT2D eigenvalue weighted by molar-refractivity contribution is 5.99. The molecular formula is C22H26N2O3.